The van der Waals surface area contributed by atoms with Gasteiger partial charge in [-0.05, 0) is 61.6 Å². The first-order valence-electron chi connectivity index (χ1n) is 7.06. The van der Waals surface area contributed by atoms with Crippen LogP contribution in [0.1, 0.15) is 45.0 Å². The van der Waals surface area contributed by atoms with Gasteiger partial charge in [0.25, 0.3) is 0 Å². The Balaban J connectivity index is 2.68. The average Bonchev–Trinajstić information content (AvgIpc) is 2.65. The molecule has 104 valence electrons. The van der Waals surface area contributed by atoms with E-state index in [2.05, 4.69) is 58.7 Å². The summed E-state index contributed by atoms with van der Waals surface area (Å²) in [5.74, 6) is 0.689. The molecule has 4 heteroatoms. The van der Waals surface area contributed by atoms with Gasteiger partial charge in [-0.1, -0.05) is 20.3 Å². The molecule has 1 N–H and O–H groups in total. The van der Waals surface area contributed by atoms with Crippen LogP contribution in [0, 0.1) is 12.8 Å². The van der Waals surface area contributed by atoms with Crippen LogP contribution in [0.15, 0.2) is 4.47 Å². The van der Waals surface area contributed by atoms with Crippen molar-refractivity contribution in [2.75, 3.05) is 13.1 Å². The third-order valence-electron chi connectivity index (χ3n) is 3.37. The normalized spacial score (nSPS) is 12.9. The summed E-state index contributed by atoms with van der Waals surface area (Å²) in [6.45, 7) is 11.9. The summed E-state index contributed by atoms with van der Waals surface area (Å²) < 4.78 is 3.32. The van der Waals surface area contributed by atoms with Crippen molar-refractivity contribution in [1.82, 2.24) is 15.1 Å². The lowest BCUT2D eigenvalue weighted by Crippen LogP contribution is -2.25. The van der Waals surface area contributed by atoms with E-state index in [1.165, 1.54) is 23.0 Å². The van der Waals surface area contributed by atoms with Crippen molar-refractivity contribution in [1.29, 1.82) is 0 Å². The van der Waals surface area contributed by atoms with Gasteiger partial charge in [0.2, 0.25) is 0 Å². The van der Waals surface area contributed by atoms with Gasteiger partial charge in [-0.25, -0.2) is 0 Å². The summed E-state index contributed by atoms with van der Waals surface area (Å²) in [5, 5.41) is 8.09. The number of nitrogens with zero attached hydrogens (tertiary/aromatic N) is 2. The lowest BCUT2D eigenvalue weighted by atomic mass is 10.00. The molecule has 18 heavy (non-hydrogen) atoms. The van der Waals surface area contributed by atoms with Crippen LogP contribution >= 0.6 is 15.9 Å². The van der Waals surface area contributed by atoms with Gasteiger partial charge in [-0.15, -0.1) is 0 Å². The molecule has 0 saturated heterocycles. The fourth-order valence-corrected chi connectivity index (χ4v) is 2.63. The molecule has 0 aromatic carbocycles. The first kappa shape index (κ1) is 15.7. The molecule has 0 aliphatic heterocycles. The zero-order valence-corrected chi connectivity index (χ0v) is 13.7. The fourth-order valence-electron chi connectivity index (χ4n) is 2.18. The number of hydrogen-bond acceptors (Lipinski definition) is 2. The molecule has 1 aromatic rings. The Morgan fingerprint density at radius 2 is 2.06 bits per heavy atom. The predicted molar refractivity (Wildman–Crippen MR) is 81.0 cm³/mol. The van der Waals surface area contributed by atoms with E-state index >= 15 is 0 Å². The van der Waals surface area contributed by atoms with E-state index in [0.717, 1.165) is 31.7 Å². The van der Waals surface area contributed by atoms with E-state index < -0.39 is 0 Å². The van der Waals surface area contributed by atoms with Gasteiger partial charge >= 0.3 is 0 Å². The lowest BCUT2D eigenvalue weighted by Gasteiger charge is -2.16. The van der Waals surface area contributed by atoms with Crippen LogP contribution in [0.25, 0.3) is 0 Å². The van der Waals surface area contributed by atoms with Crippen molar-refractivity contribution in [2.24, 2.45) is 5.92 Å². The second-order valence-corrected chi connectivity index (χ2v) is 5.64. The van der Waals surface area contributed by atoms with Gasteiger partial charge in [0, 0.05) is 6.54 Å². The highest BCUT2D eigenvalue weighted by Gasteiger charge is 2.16. The molecule has 1 heterocycles. The maximum absolute atomic E-state index is 4.56. The molecule has 1 aromatic heterocycles. The van der Waals surface area contributed by atoms with Gasteiger partial charge in [-0.2, -0.15) is 5.10 Å². The van der Waals surface area contributed by atoms with Crippen molar-refractivity contribution in [3.05, 3.63) is 15.9 Å². The molecule has 1 atom stereocenters. The highest BCUT2D eigenvalue weighted by atomic mass is 79.9. The smallest absolute Gasteiger partial charge is 0.0738 e. The molecule has 0 bridgehead atoms. The number of nitrogens with one attached hydrogen (secondary N) is 1. The van der Waals surface area contributed by atoms with Crippen molar-refractivity contribution < 1.29 is 0 Å². The predicted octanol–water partition coefficient (Wildman–Crippen LogP) is 3.54. The highest BCUT2D eigenvalue weighted by molar-refractivity contribution is 9.10. The summed E-state index contributed by atoms with van der Waals surface area (Å²) in [4.78, 5) is 0. The molecule has 1 unspecified atom stereocenters. The summed E-state index contributed by atoms with van der Waals surface area (Å²) >= 11 is 3.68. The third kappa shape index (κ3) is 4.09. The number of rotatable bonds is 8. The van der Waals surface area contributed by atoms with Crippen LogP contribution in [0.5, 0.6) is 0 Å². The van der Waals surface area contributed by atoms with Gasteiger partial charge < -0.3 is 5.32 Å². The summed E-state index contributed by atoms with van der Waals surface area (Å²) in [7, 11) is 0. The van der Waals surface area contributed by atoms with Gasteiger partial charge in [0.1, 0.15) is 0 Å². The van der Waals surface area contributed by atoms with Crippen LogP contribution in [0.2, 0.25) is 0 Å². The third-order valence-corrected chi connectivity index (χ3v) is 4.40. The Hall–Kier alpha value is -0.350. The first-order chi connectivity index (χ1) is 8.63. The summed E-state index contributed by atoms with van der Waals surface area (Å²) in [6, 6.07) is 0. The Morgan fingerprint density at radius 1 is 1.33 bits per heavy atom. The summed E-state index contributed by atoms with van der Waals surface area (Å²) in [5.41, 5.74) is 2.45. The average molecular weight is 316 g/mol. The van der Waals surface area contributed by atoms with E-state index in [4.69, 9.17) is 0 Å². The Bertz CT molecular complexity index is 360. The molecule has 0 amide bonds. The largest absolute Gasteiger partial charge is 0.316 e. The van der Waals surface area contributed by atoms with Crippen molar-refractivity contribution >= 4 is 15.9 Å². The molecule has 0 radical (unpaired) electrons. The second kappa shape index (κ2) is 7.95. The van der Waals surface area contributed by atoms with E-state index in [1.54, 1.807) is 0 Å². The first-order valence-corrected chi connectivity index (χ1v) is 7.85. The van der Waals surface area contributed by atoms with E-state index in [0.29, 0.717) is 5.92 Å². The van der Waals surface area contributed by atoms with Crippen LogP contribution in [-0.2, 0) is 13.0 Å². The Kier molecular flexibility index (Phi) is 6.94. The Morgan fingerprint density at radius 3 is 2.61 bits per heavy atom. The van der Waals surface area contributed by atoms with E-state index in [-0.39, 0.29) is 0 Å². The van der Waals surface area contributed by atoms with Gasteiger partial charge in [-0.3, -0.25) is 4.68 Å². The van der Waals surface area contributed by atoms with E-state index in [1.807, 2.05) is 0 Å². The maximum atomic E-state index is 4.56. The lowest BCUT2D eigenvalue weighted by molar-refractivity contribution is 0.443. The molecular formula is C14H26BrN3. The minimum atomic E-state index is 0.689. The van der Waals surface area contributed by atoms with Crippen molar-refractivity contribution in [3.8, 4) is 0 Å². The van der Waals surface area contributed by atoms with Crippen molar-refractivity contribution in [3.63, 3.8) is 0 Å². The molecule has 3 nitrogen and oxygen atoms in total. The number of aromatic nitrogens is 2. The van der Waals surface area contributed by atoms with Crippen LogP contribution in [0.4, 0.5) is 0 Å². The molecule has 1 rings (SSSR count). The number of aryl methyl sites for hydroxylation is 2. The topological polar surface area (TPSA) is 29.9 Å². The maximum Gasteiger partial charge on any atom is 0.0738 e. The van der Waals surface area contributed by atoms with Crippen LogP contribution in [0.3, 0.4) is 0 Å². The molecule has 0 spiro atoms. The molecule has 0 aliphatic carbocycles. The molecular weight excluding hydrogens is 290 g/mol. The van der Waals surface area contributed by atoms with Gasteiger partial charge in [0.15, 0.2) is 0 Å². The standard InChI is InChI=1S/C14H26BrN3/c1-5-8-16-10-12(6-2)9-13-14(15)11(4)17-18(13)7-3/h12,16H,5-10H2,1-4H3. The Labute approximate surface area is 119 Å². The van der Waals surface area contributed by atoms with Crippen molar-refractivity contribution in [2.45, 2.75) is 53.5 Å². The number of halogens is 1. The summed E-state index contributed by atoms with van der Waals surface area (Å²) in [6.07, 6.45) is 3.51. The molecule has 0 aliphatic rings. The zero-order chi connectivity index (χ0) is 13.5. The van der Waals surface area contributed by atoms with E-state index in [9.17, 15) is 0 Å². The minimum Gasteiger partial charge on any atom is -0.316 e. The highest BCUT2D eigenvalue weighted by Crippen LogP contribution is 2.24. The second-order valence-electron chi connectivity index (χ2n) is 4.84. The quantitative estimate of drug-likeness (QED) is 0.744. The van der Waals surface area contributed by atoms with Gasteiger partial charge in [0.05, 0.1) is 15.9 Å². The SMILES string of the molecule is CCCNCC(CC)Cc1c(Br)c(C)nn1CC. The number of hydrogen-bond donors (Lipinski definition) is 1. The minimum absolute atomic E-state index is 0.689. The fraction of sp³-hybridized carbons (Fsp3) is 0.786. The van der Waals surface area contributed by atoms with Crippen LogP contribution in [-0.4, -0.2) is 22.9 Å². The molecule has 0 saturated carbocycles. The zero-order valence-electron chi connectivity index (χ0n) is 12.1. The monoisotopic (exact) mass is 315 g/mol. The van der Waals surface area contributed by atoms with Crippen LogP contribution < -0.4 is 5.32 Å². The molecule has 0 fully saturated rings.